The minimum Gasteiger partial charge on any atom is -0.495 e. The number of hydrogen-bond donors (Lipinski definition) is 2. The van der Waals surface area contributed by atoms with Gasteiger partial charge in [-0.1, -0.05) is 0 Å². The molecule has 2 saturated heterocycles. The molecule has 170 valence electrons. The zero-order valence-electron chi connectivity index (χ0n) is 18.3. The number of morpholine rings is 1. The van der Waals surface area contributed by atoms with Crippen molar-refractivity contribution in [2.45, 2.75) is 25.8 Å². The fourth-order valence-electron chi connectivity index (χ4n) is 3.93. The van der Waals surface area contributed by atoms with Gasteiger partial charge >= 0.3 is 6.03 Å². The predicted molar refractivity (Wildman–Crippen MR) is 122 cm³/mol. The molecule has 4 rings (SSSR count). The van der Waals surface area contributed by atoms with Gasteiger partial charge in [-0.25, -0.2) is 9.78 Å². The highest BCUT2D eigenvalue weighted by molar-refractivity contribution is 5.97. The van der Waals surface area contributed by atoms with Gasteiger partial charge in [0, 0.05) is 44.5 Å². The van der Waals surface area contributed by atoms with Gasteiger partial charge in [0.1, 0.15) is 11.6 Å². The van der Waals surface area contributed by atoms with E-state index in [0.29, 0.717) is 49.8 Å². The van der Waals surface area contributed by atoms with Crippen molar-refractivity contribution in [1.82, 2.24) is 10.3 Å². The monoisotopic (exact) mass is 439 g/mol. The quantitative estimate of drug-likeness (QED) is 0.719. The average Bonchev–Trinajstić information content (AvgIpc) is 2.84. The van der Waals surface area contributed by atoms with E-state index in [4.69, 9.17) is 9.47 Å². The van der Waals surface area contributed by atoms with E-state index in [1.165, 1.54) is 0 Å². The van der Waals surface area contributed by atoms with E-state index in [0.717, 1.165) is 37.3 Å². The summed E-state index contributed by atoms with van der Waals surface area (Å²) < 4.78 is 10.8. The van der Waals surface area contributed by atoms with Gasteiger partial charge in [0.25, 0.3) is 0 Å². The molecule has 9 heteroatoms. The predicted octanol–water partition coefficient (Wildman–Crippen LogP) is 2.77. The SMILES string of the molecule is COc1ccc(NC(=O)NCc2ccnc(N3CCOCC3)c2)cc1N1CCCCC1=O. The largest absolute Gasteiger partial charge is 0.495 e. The molecule has 2 fully saturated rings. The molecule has 9 nitrogen and oxygen atoms in total. The van der Waals surface area contributed by atoms with Crippen molar-refractivity contribution < 1.29 is 19.1 Å². The number of methoxy groups -OCH3 is 1. The van der Waals surface area contributed by atoms with Gasteiger partial charge in [0.15, 0.2) is 0 Å². The Kier molecular flexibility index (Phi) is 7.06. The number of ether oxygens (including phenoxy) is 2. The van der Waals surface area contributed by atoms with E-state index in [1.807, 2.05) is 12.1 Å². The number of piperidine rings is 1. The van der Waals surface area contributed by atoms with E-state index in [2.05, 4.69) is 20.5 Å². The Morgan fingerprint density at radius 2 is 2.00 bits per heavy atom. The molecule has 1 aromatic heterocycles. The molecule has 0 atom stereocenters. The van der Waals surface area contributed by atoms with Crippen LogP contribution in [-0.4, -0.2) is 56.9 Å². The van der Waals surface area contributed by atoms with Crippen LogP contribution in [0.15, 0.2) is 36.5 Å². The zero-order chi connectivity index (χ0) is 22.3. The molecule has 3 heterocycles. The second-order valence-corrected chi connectivity index (χ2v) is 7.82. The molecule has 0 spiro atoms. The number of carbonyl (C=O) groups is 2. The molecule has 2 aliphatic heterocycles. The van der Waals surface area contributed by atoms with Gasteiger partial charge in [-0.3, -0.25) is 4.79 Å². The number of amides is 3. The second kappa shape index (κ2) is 10.3. The molecule has 2 aromatic rings. The fraction of sp³-hybridized carbons (Fsp3) is 0.435. The van der Waals surface area contributed by atoms with Crippen LogP contribution < -0.4 is 25.2 Å². The summed E-state index contributed by atoms with van der Waals surface area (Å²) in [5, 5.41) is 5.73. The first-order valence-electron chi connectivity index (χ1n) is 10.9. The Morgan fingerprint density at radius 1 is 1.16 bits per heavy atom. The molecule has 2 aliphatic rings. The summed E-state index contributed by atoms with van der Waals surface area (Å²) in [7, 11) is 1.58. The van der Waals surface area contributed by atoms with Crippen LogP contribution in [-0.2, 0) is 16.1 Å². The van der Waals surface area contributed by atoms with E-state index >= 15 is 0 Å². The van der Waals surface area contributed by atoms with Gasteiger partial charge in [0.2, 0.25) is 5.91 Å². The van der Waals surface area contributed by atoms with Gasteiger partial charge in [-0.2, -0.15) is 0 Å². The Balaban J connectivity index is 1.38. The van der Waals surface area contributed by atoms with E-state index < -0.39 is 0 Å². The van der Waals surface area contributed by atoms with Crippen LogP contribution in [0.25, 0.3) is 0 Å². The van der Waals surface area contributed by atoms with Crippen LogP contribution in [0.4, 0.5) is 22.0 Å². The van der Waals surface area contributed by atoms with Gasteiger partial charge in [-0.15, -0.1) is 0 Å². The smallest absolute Gasteiger partial charge is 0.319 e. The first-order valence-corrected chi connectivity index (χ1v) is 10.9. The van der Waals surface area contributed by atoms with Gasteiger partial charge < -0.3 is 29.9 Å². The van der Waals surface area contributed by atoms with Crippen molar-refractivity contribution in [3.63, 3.8) is 0 Å². The fourth-order valence-corrected chi connectivity index (χ4v) is 3.93. The van der Waals surface area contributed by atoms with Gasteiger partial charge in [-0.05, 0) is 48.7 Å². The first-order chi connectivity index (χ1) is 15.6. The Hall–Kier alpha value is -3.33. The molecule has 1 aromatic carbocycles. The molecule has 0 aliphatic carbocycles. The number of urea groups is 1. The van der Waals surface area contributed by atoms with Crippen molar-refractivity contribution in [3.05, 3.63) is 42.1 Å². The first kappa shape index (κ1) is 21.9. The van der Waals surface area contributed by atoms with Crippen LogP contribution in [0.3, 0.4) is 0 Å². The van der Waals surface area contributed by atoms with E-state index in [9.17, 15) is 9.59 Å². The summed E-state index contributed by atoms with van der Waals surface area (Å²) in [5.74, 6) is 1.57. The topological polar surface area (TPSA) is 96.0 Å². The Bertz CT molecular complexity index is 961. The maximum atomic E-state index is 12.5. The van der Waals surface area contributed by atoms with Crippen molar-refractivity contribution >= 4 is 29.1 Å². The summed E-state index contributed by atoms with van der Waals surface area (Å²) >= 11 is 0. The molecular weight excluding hydrogens is 410 g/mol. The maximum absolute atomic E-state index is 12.5. The highest BCUT2D eigenvalue weighted by Gasteiger charge is 2.23. The molecule has 0 radical (unpaired) electrons. The lowest BCUT2D eigenvalue weighted by Gasteiger charge is -2.28. The van der Waals surface area contributed by atoms with E-state index in [1.54, 1.807) is 36.4 Å². The van der Waals surface area contributed by atoms with Crippen LogP contribution in [0.2, 0.25) is 0 Å². The zero-order valence-corrected chi connectivity index (χ0v) is 18.3. The number of anilines is 3. The summed E-state index contributed by atoms with van der Waals surface area (Å²) in [6.07, 6.45) is 4.14. The second-order valence-electron chi connectivity index (χ2n) is 7.82. The Morgan fingerprint density at radius 3 is 2.78 bits per heavy atom. The summed E-state index contributed by atoms with van der Waals surface area (Å²) in [6, 6.07) is 8.86. The number of rotatable bonds is 6. The molecule has 3 amide bonds. The van der Waals surface area contributed by atoms with Crippen LogP contribution in [0.5, 0.6) is 5.75 Å². The van der Waals surface area contributed by atoms with Crippen molar-refractivity contribution in [3.8, 4) is 5.75 Å². The molecule has 0 saturated carbocycles. The van der Waals surface area contributed by atoms with E-state index in [-0.39, 0.29) is 11.9 Å². The van der Waals surface area contributed by atoms with Crippen molar-refractivity contribution in [1.29, 1.82) is 0 Å². The van der Waals surface area contributed by atoms with Crippen LogP contribution >= 0.6 is 0 Å². The highest BCUT2D eigenvalue weighted by atomic mass is 16.5. The van der Waals surface area contributed by atoms with Crippen LogP contribution in [0, 0.1) is 0 Å². The lowest BCUT2D eigenvalue weighted by molar-refractivity contribution is -0.119. The number of nitrogens with zero attached hydrogens (tertiary/aromatic N) is 3. The standard InChI is InChI=1S/C23H29N5O4/c1-31-20-6-5-18(15-19(20)28-9-3-2-4-22(28)29)26-23(30)25-16-17-7-8-24-21(14-17)27-10-12-32-13-11-27/h5-8,14-15H,2-4,9-13,16H2,1H3,(H2,25,26,30). The van der Waals surface area contributed by atoms with Crippen molar-refractivity contribution in [2.24, 2.45) is 0 Å². The third kappa shape index (κ3) is 5.28. The molecule has 2 N–H and O–H groups in total. The summed E-state index contributed by atoms with van der Waals surface area (Å²) in [5.41, 5.74) is 2.24. The maximum Gasteiger partial charge on any atom is 0.319 e. The highest BCUT2D eigenvalue weighted by Crippen LogP contribution is 2.33. The number of hydrogen-bond acceptors (Lipinski definition) is 6. The number of carbonyl (C=O) groups excluding carboxylic acids is 2. The van der Waals surface area contributed by atoms with Gasteiger partial charge in [0.05, 0.1) is 26.0 Å². The Labute approximate surface area is 187 Å². The third-order valence-electron chi connectivity index (χ3n) is 5.65. The minimum atomic E-state index is -0.323. The molecule has 32 heavy (non-hydrogen) atoms. The lowest BCUT2D eigenvalue weighted by Crippen LogP contribution is -2.36. The number of nitrogens with one attached hydrogen (secondary N) is 2. The molecular formula is C23H29N5O4. The summed E-state index contributed by atoms with van der Waals surface area (Å²) in [4.78, 5) is 33.2. The normalized spacial score (nSPS) is 16.6. The average molecular weight is 440 g/mol. The van der Waals surface area contributed by atoms with Crippen LogP contribution in [0.1, 0.15) is 24.8 Å². The third-order valence-corrected chi connectivity index (χ3v) is 5.65. The number of benzene rings is 1. The minimum absolute atomic E-state index is 0.0740. The molecule has 0 unspecified atom stereocenters. The number of pyridine rings is 1. The van der Waals surface area contributed by atoms with Crippen molar-refractivity contribution in [2.75, 3.05) is 55.1 Å². The summed E-state index contributed by atoms with van der Waals surface area (Å²) in [6.45, 7) is 4.03. The number of aromatic nitrogens is 1. The lowest BCUT2D eigenvalue weighted by atomic mass is 10.1. The molecule has 0 bridgehead atoms.